The molecule has 0 aliphatic heterocycles. The van der Waals surface area contributed by atoms with Gasteiger partial charge in [-0.3, -0.25) is 0 Å². The number of anilines is 1. The highest BCUT2D eigenvalue weighted by Crippen LogP contribution is 2.33. The van der Waals surface area contributed by atoms with Crippen LogP contribution in [-0.2, 0) is 19.7 Å². The van der Waals surface area contributed by atoms with Crippen LogP contribution < -0.4 is 5.32 Å². The normalized spacial score (nSPS) is 12.1. The molecular formula is C17H15FN2O4S3. The lowest BCUT2D eigenvalue weighted by Gasteiger charge is -2.09. The molecule has 0 unspecified atom stereocenters. The number of nitrogens with zero attached hydrogens (tertiary/aromatic N) is 1. The molecule has 3 aromatic rings. The highest BCUT2D eigenvalue weighted by Gasteiger charge is 2.24. The lowest BCUT2D eigenvalue weighted by Crippen LogP contribution is -2.04. The molecule has 1 aromatic heterocycles. The van der Waals surface area contributed by atoms with E-state index in [9.17, 15) is 21.2 Å². The fraction of sp³-hybridized carbons (Fsp3) is 0.118. The molecule has 1 heterocycles. The van der Waals surface area contributed by atoms with E-state index < -0.39 is 25.5 Å². The molecule has 27 heavy (non-hydrogen) atoms. The van der Waals surface area contributed by atoms with Crippen molar-refractivity contribution in [1.82, 2.24) is 4.98 Å². The van der Waals surface area contributed by atoms with Gasteiger partial charge in [-0.2, -0.15) is 0 Å². The van der Waals surface area contributed by atoms with Gasteiger partial charge in [0.25, 0.3) is 0 Å². The third-order valence-electron chi connectivity index (χ3n) is 3.74. The SMILES string of the molecule is CNc1ncc(S(=O)(=O)c2cc(-c3cccc(F)c3)cc(S(C)(=O)=O)c2)s1. The smallest absolute Gasteiger partial charge is 0.217 e. The number of thiazole rings is 1. The predicted octanol–water partition coefficient (Wildman–Crippen LogP) is 3.23. The summed E-state index contributed by atoms with van der Waals surface area (Å²) in [7, 11) is -6.07. The van der Waals surface area contributed by atoms with Crippen LogP contribution in [0.1, 0.15) is 0 Å². The summed E-state index contributed by atoms with van der Waals surface area (Å²) in [6.07, 6.45) is 2.20. The lowest BCUT2D eigenvalue weighted by atomic mass is 10.1. The molecule has 142 valence electrons. The number of nitrogens with one attached hydrogen (secondary N) is 1. The lowest BCUT2D eigenvalue weighted by molar-refractivity contribution is 0.597. The van der Waals surface area contributed by atoms with E-state index in [2.05, 4.69) is 10.3 Å². The van der Waals surface area contributed by atoms with Gasteiger partial charge < -0.3 is 5.32 Å². The van der Waals surface area contributed by atoms with Gasteiger partial charge in [0.2, 0.25) is 9.84 Å². The largest absolute Gasteiger partial charge is 0.365 e. The fourth-order valence-electron chi connectivity index (χ4n) is 2.39. The van der Waals surface area contributed by atoms with Crippen LogP contribution in [0.15, 0.2) is 62.7 Å². The van der Waals surface area contributed by atoms with Crippen LogP contribution >= 0.6 is 11.3 Å². The highest BCUT2D eigenvalue weighted by molar-refractivity contribution is 7.93. The van der Waals surface area contributed by atoms with Gasteiger partial charge in [-0.05, 0) is 41.5 Å². The fourth-order valence-corrected chi connectivity index (χ4v) is 5.60. The second kappa shape index (κ2) is 7.02. The summed E-state index contributed by atoms with van der Waals surface area (Å²) in [4.78, 5) is 3.59. The summed E-state index contributed by atoms with van der Waals surface area (Å²) in [5, 5.41) is 3.17. The predicted molar refractivity (Wildman–Crippen MR) is 102 cm³/mol. The first kappa shape index (κ1) is 19.5. The van der Waals surface area contributed by atoms with Gasteiger partial charge in [0.15, 0.2) is 15.0 Å². The van der Waals surface area contributed by atoms with Crippen LogP contribution in [0.25, 0.3) is 11.1 Å². The Morgan fingerprint density at radius 1 is 1.00 bits per heavy atom. The van der Waals surface area contributed by atoms with Gasteiger partial charge in [0.05, 0.1) is 16.0 Å². The zero-order valence-corrected chi connectivity index (χ0v) is 16.8. The van der Waals surface area contributed by atoms with Crippen LogP contribution in [0.4, 0.5) is 9.52 Å². The second-order valence-corrected chi connectivity index (χ2v) is 10.9. The third kappa shape index (κ3) is 4.02. The van der Waals surface area contributed by atoms with Crippen LogP contribution in [0.2, 0.25) is 0 Å². The number of hydrogen-bond acceptors (Lipinski definition) is 7. The van der Waals surface area contributed by atoms with Gasteiger partial charge >= 0.3 is 0 Å². The van der Waals surface area contributed by atoms with Crippen molar-refractivity contribution in [2.45, 2.75) is 14.0 Å². The van der Waals surface area contributed by atoms with Crippen LogP contribution in [0.3, 0.4) is 0 Å². The Morgan fingerprint density at radius 2 is 1.70 bits per heavy atom. The van der Waals surface area contributed by atoms with Gasteiger partial charge in [-0.25, -0.2) is 26.2 Å². The number of rotatable bonds is 5. The molecule has 0 bridgehead atoms. The molecule has 0 aliphatic carbocycles. The van der Waals surface area contributed by atoms with Crippen molar-refractivity contribution in [3.8, 4) is 11.1 Å². The minimum Gasteiger partial charge on any atom is -0.365 e. The summed E-state index contributed by atoms with van der Waals surface area (Å²) in [5.74, 6) is -0.511. The summed E-state index contributed by atoms with van der Waals surface area (Å²) in [6.45, 7) is 0. The molecule has 0 amide bonds. The molecule has 0 saturated heterocycles. The summed E-state index contributed by atoms with van der Waals surface area (Å²) in [5.41, 5.74) is 0.659. The van der Waals surface area contributed by atoms with E-state index >= 15 is 0 Å². The molecule has 2 aromatic carbocycles. The maximum Gasteiger partial charge on any atom is 0.217 e. The average molecular weight is 427 g/mol. The van der Waals surface area contributed by atoms with E-state index in [-0.39, 0.29) is 19.6 Å². The Bertz CT molecular complexity index is 1220. The molecule has 0 spiro atoms. The minimum atomic E-state index is -3.99. The quantitative estimate of drug-likeness (QED) is 0.673. The Balaban J connectivity index is 2.25. The van der Waals surface area contributed by atoms with Crippen molar-refractivity contribution < 1.29 is 21.2 Å². The highest BCUT2D eigenvalue weighted by atomic mass is 32.2. The molecule has 10 heteroatoms. The maximum atomic E-state index is 13.6. The summed E-state index contributed by atoms with van der Waals surface area (Å²) < 4.78 is 63.6. The van der Waals surface area contributed by atoms with Crippen LogP contribution in [-0.4, -0.2) is 35.1 Å². The van der Waals surface area contributed by atoms with Gasteiger partial charge in [-0.15, -0.1) is 0 Å². The molecule has 6 nitrogen and oxygen atoms in total. The Hall–Kier alpha value is -2.30. The Kier molecular flexibility index (Phi) is 5.06. The first-order valence-corrected chi connectivity index (χ1v) is 11.8. The van der Waals surface area contributed by atoms with E-state index in [0.29, 0.717) is 10.7 Å². The summed E-state index contributed by atoms with van der Waals surface area (Å²) in [6, 6.07) is 9.27. The van der Waals surface area contributed by atoms with E-state index in [4.69, 9.17) is 0 Å². The molecule has 0 atom stereocenters. The number of hydrogen-bond donors (Lipinski definition) is 1. The first-order chi connectivity index (χ1) is 12.6. The van der Waals surface area contributed by atoms with Crippen molar-refractivity contribution in [3.05, 3.63) is 54.5 Å². The van der Waals surface area contributed by atoms with Gasteiger partial charge in [0.1, 0.15) is 10.0 Å². The number of benzene rings is 2. The summed E-state index contributed by atoms with van der Waals surface area (Å²) >= 11 is 0.932. The van der Waals surface area contributed by atoms with Crippen molar-refractivity contribution in [3.63, 3.8) is 0 Å². The van der Waals surface area contributed by atoms with Crippen molar-refractivity contribution in [1.29, 1.82) is 0 Å². The van der Waals surface area contributed by atoms with E-state index in [0.717, 1.165) is 23.7 Å². The third-order valence-corrected chi connectivity index (χ3v) is 8.04. The van der Waals surface area contributed by atoms with E-state index in [1.165, 1.54) is 36.5 Å². The molecule has 0 fully saturated rings. The molecular weight excluding hydrogens is 411 g/mol. The van der Waals surface area contributed by atoms with Gasteiger partial charge in [0, 0.05) is 13.3 Å². The zero-order valence-electron chi connectivity index (χ0n) is 14.3. The maximum absolute atomic E-state index is 13.6. The van der Waals surface area contributed by atoms with Crippen LogP contribution in [0, 0.1) is 5.82 Å². The first-order valence-electron chi connectivity index (χ1n) is 7.61. The van der Waals surface area contributed by atoms with E-state index in [1.54, 1.807) is 13.1 Å². The van der Waals surface area contributed by atoms with E-state index in [1.807, 2.05) is 0 Å². The van der Waals surface area contributed by atoms with Gasteiger partial charge in [-0.1, -0.05) is 23.5 Å². The standard InChI is InChI=1S/C17H15FN2O4S3/c1-19-17-20-10-16(25-17)27(23,24)15-8-12(7-14(9-15)26(2,21)22)11-4-3-5-13(18)6-11/h3-10H,1-2H3,(H,19,20). The second-order valence-electron chi connectivity index (χ2n) is 5.71. The van der Waals surface area contributed by atoms with Crippen molar-refractivity contribution in [2.24, 2.45) is 0 Å². The molecule has 3 rings (SSSR count). The molecule has 0 saturated carbocycles. The minimum absolute atomic E-state index is 0.0253. The molecule has 1 N–H and O–H groups in total. The number of aromatic nitrogens is 1. The Labute approximate surface area is 160 Å². The zero-order chi connectivity index (χ0) is 19.8. The molecule has 0 aliphatic rings. The Morgan fingerprint density at radius 3 is 2.30 bits per heavy atom. The van der Waals surface area contributed by atoms with Crippen molar-refractivity contribution >= 4 is 36.1 Å². The molecule has 0 radical (unpaired) electrons. The van der Waals surface area contributed by atoms with Crippen molar-refractivity contribution in [2.75, 3.05) is 18.6 Å². The topological polar surface area (TPSA) is 93.2 Å². The number of halogens is 1. The monoisotopic (exact) mass is 426 g/mol. The van der Waals surface area contributed by atoms with Crippen LogP contribution in [0.5, 0.6) is 0 Å². The average Bonchev–Trinajstić information content (AvgIpc) is 3.10. The number of sulfone groups is 2.